The van der Waals surface area contributed by atoms with Crippen LogP contribution in [-0.2, 0) is 14.8 Å². The van der Waals surface area contributed by atoms with Crippen LogP contribution in [0.1, 0.15) is 25.7 Å². The molecule has 0 aliphatic heterocycles. The van der Waals surface area contributed by atoms with Crippen molar-refractivity contribution in [3.63, 3.8) is 0 Å². The fourth-order valence-corrected chi connectivity index (χ4v) is 4.04. The van der Waals surface area contributed by atoms with Crippen LogP contribution in [0.25, 0.3) is 0 Å². The summed E-state index contributed by atoms with van der Waals surface area (Å²) in [6.45, 7) is 0.486. The van der Waals surface area contributed by atoms with E-state index in [0.717, 1.165) is 37.7 Å². The lowest BCUT2D eigenvalue weighted by molar-refractivity contribution is -0.121. The van der Waals surface area contributed by atoms with Crippen LogP contribution in [0, 0.1) is 0 Å². The quantitative estimate of drug-likeness (QED) is 0.664. The summed E-state index contributed by atoms with van der Waals surface area (Å²) in [5.74, 6) is 1.11. The van der Waals surface area contributed by atoms with Gasteiger partial charge in [-0.05, 0) is 37.1 Å². The lowest BCUT2D eigenvalue weighted by atomic mass is 10.2. The lowest BCUT2D eigenvalue weighted by Crippen LogP contribution is -2.45. The Hall–Kier alpha value is -1.80. The van der Waals surface area contributed by atoms with Gasteiger partial charge < -0.3 is 14.8 Å². The zero-order valence-corrected chi connectivity index (χ0v) is 15.5. The predicted octanol–water partition coefficient (Wildman–Crippen LogP) is 1.39. The molecule has 0 bridgehead atoms. The number of nitrogens with zero attached hydrogens (tertiary/aromatic N) is 1. The number of methoxy groups -OCH3 is 1. The molecule has 7 nitrogen and oxygen atoms in total. The van der Waals surface area contributed by atoms with Crippen molar-refractivity contribution in [3.05, 3.63) is 24.3 Å². The summed E-state index contributed by atoms with van der Waals surface area (Å²) in [5, 5.41) is 2.71. The van der Waals surface area contributed by atoms with Crippen molar-refractivity contribution in [2.45, 2.75) is 31.7 Å². The van der Waals surface area contributed by atoms with Gasteiger partial charge in [-0.1, -0.05) is 12.8 Å². The van der Waals surface area contributed by atoms with E-state index in [4.69, 9.17) is 9.47 Å². The van der Waals surface area contributed by atoms with Gasteiger partial charge >= 0.3 is 0 Å². The number of hydrogen-bond donors (Lipinski definition) is 1. The van der Waals surface area contributed by atoms with Gasteiger partial charge in [-0.25, -0.2) is 8.42 Å². The highest BCUT2D eigenvalue weighted by atomic mass is 32.2. The van der Waals surface area contributed by atoms with Gasteiger partial charge in [-0.3, -0.25) is 4.79 Å². The first-order valence-electron chi connectivity index (χ1n) is 8.40. The van der Waals surface area contributed by atoms with Gasteiger partial charge in [0.05, 0.1) is 26.5 Å². The van der Waals surface area contributed by atoms with E-state index in [0.29, 0.717) is 18.9 Å². The van der Waals surface area contributed by atoms with E-state index in [-0.39, 0.29) is 18.5 Å². The maximum absolute atomic E-state index is 12.1. The number of nitrogens with one attached hydrogen (secondary N) is 1. The number of ether oxygens (including phenoxy) is 2. The molecule has 0 heterocycles. The summed E-state index contributed by atoms with van der Waals surface area (Å²) in [6.07, 6.45) is 4.81. The molecule has 25 heavy (non-hydrogen) atoms. The Morgan fingerprint density at radius 3 is 2.36 bits per heavy atom. The van der Waals surface area contributed by atoms with Crippen molar-refractivity contribution >= 4 is 15.9 Å². The number of carbonyl (C=O) groups is 1. The van der Waals surface area contributed by atoms with Gasteiger partial charge in [0.25, 0.3) is 0 Å². The SMILES string of the molecule is COc1ccc(OCCNC(=O)CN(C2CCCC2)S(C)(=O)=O)cc1. The highest BCUT2D eigenvalue weighted by Gasteiger charge is 2.30. The average molecular weight is 370 g/mol. The molecule has 1 aromatic rings. The normalized spacial score (nSPS) is 15.3. The molecule has 0 atom stereocenters. The lowest BCUT2D eigenvalue weighted by Gasteiger charge is -2.25. The highest BCUT2D eigenvalue weighted by molar-refractivity contribution is 7.88. The summed E-state index contributed by atoms with van der Waals surface area (Å²) in [4.78, 5) is 12.1. The third-order valence-corrected chi connectivity index (χ3v) is 5.49. The molecule has 1 saturated carbocycles. The number of hydrogen-bond acceptors (Lipinski definition) is 5. The molecule has 2 rings (SSSR count). The van der Waals surface area contributed by atoms with E-state index >= 15 is 0 Å². The number of sulfonamides is 1. The number of carbonyl (C=O) groups excluding carboxylic acids is 1. The summed E-state index contributed by atoms with van der Waals surface area (Å²) >= 11 is 0. The maximum atomic E-state index is 12.1. The minimum atomic E-state index is -3.39. The standard InChI is InChI=1S/C17H26N2O5S/c1-23-15-7-9-16(10-8-15)24-12-11-18-17(20)13-19(25(2,21)22)14-5-3-4-6-14/h7-10,14H,3-6,11-13H2,1-2H3,(H,18,20). The van der Waals surface area contributed by atoms with Crippen molar-refractivity contribution in [2.24, 2.45) is 0 Å². The molecule has 0 radical (unpaired) electrons. The van der Waals surface area contributed by atoms with Crippen molar-refractivity contribution < 1.29 is 22.7 Å². The van der Waals surface area contributed by atoms with E-state index in [1.165, 1.54) is 4.31 Å². The fourth-order valence-electron chi connectivity index (χ4n) is 2.94. The van der Waals surface area contributed by atoms with Gasteiger partial charge in [0.2, 0.25) is 15.9 Å². The van der Waals surface area contributed by atoms with Crippen LogP contribution in [0.15, 0.2) is 24.3 Å². The topological polar surface area (TPSA) is 84.9 Å². The predicted molar refractivity (Wildman–Crippen MR) is 95.3 cm³/mol. The minimum absolute atomic E-state index is 0.0590. The van der Waals surface area contributed by atoms with Gasteiger partial charge in [-0.2, -0.15) is 4.31 Å². The largest absolute Gasteiger partial charge is 0.497 e. The van der Waals surface area contributed by atoms with Gasteiger partial charge in [0, 0.05) is 6.04 Å². The Kier molecular flexibility index (Phi) is 7.07. The van der Waals surface area contributed by atoms with Crippen LogP contribution < -0.4 is 14.8 Å². The van der Waals surface area contributed by atoms with Gasteiger partial charge in [0.15, 0.2) is 0 Å². The van der Waals surface area contributed by atoms with Crippen LogP contribution in [0.5, 0.6) is 11.5 Å². The first-order valence-corrected chi connectivity index (χ1v) is 10.3. The Morgan fingerprint density at radius 1 is 1.20 bits per heavy atom. The Labute approximate surface area is 149 Å². The molecule has 1 amide bonds. The third kappa shape index (κ3) is 6.21. The number of rotatable bonds is 9. The molecule has 0 aromatic heterocycles. The summed E-state index contributed by atoms with van der Waals surface area (Å²) in [6, 6.07) is 7.09. The van der Waals surface area contributed by atoms with E-state index < -0.39 is 10.0 Å². The fraction of sp³-hybridized carbons (Fsp3) is 0.588. The van der Waals surface area contributed by atoms with Gasteiger partial charge in [0.1, 0.15) is 18.1 Å². The van der Waals surface area contributed by atoms with E-state index in [2.05, 4.69) is 5.32 Å². The second-order valence-corrected chi connectivity index (χ2v) is 8.06. The Balaban J connectivity index is 1.75. The van der Waals surface area contributed by atoms with Crippen LogP contribution in [0.3, 0.4) is 0 Å². The molecule has 0 spiro atoms. The molecular weight excluding hydrogens is 344 g/mol. The van der Waals surface area contributed by atoms with Crippen LogP contribution >= 0.6 is 0 Å². The molecule has 1 aromatic carbocycles. The van der Waals surface area contributed by atoms with Crippen molar-refractivity contribution in [1.29, 1.82) is 0 Å². The first kappa shape index (κ1) is 19.5. The van der Waals surface area contributed by atoms with Crippen molar-refractivity contribution in [3.8, 4) is 11.5 Å². The Bertz CT molecular complexity index is 654. The second kappa shape index (κ2) is 9.05. The summed E-state index contributed by atoms with van der Waals surface area (Å²) in [5.41, 5.74) is 0. The van der Waals surface area contributed by atoms with E-state index in [1.807, 2.05) is 0 Å². The molecule has 1 N–H and O–H groups in total. The first-order chi connectivity index (χ1) is 11.9. The summed E-state index contributed by atoms with van der Waals surface area (Å²) < 4.78 is 35.8. The molecule has 0 saturated heterocycles. The van der Waals surface area contributed by atoms with Crippen molar-refractivity contribution in [2.75, 3.05) is 33.1 Å². The molecule has 0 unspecified atom stereocenters. The maximum Gasteiger partial charge on any atom is 0.235 e. The monoisotopic (exact) mass is 370 g/mol. The van der Waals surface area contributed by atoms with Crippen molar-refractivity contribution in [1.82, 2.24) is 9.62 Å². The van der Waals surface area contributed by atoms with Crippen LogP contribution in [0.4, 0.5) is 0 Å². The smallest absolute Gasteiger partial charge is 0.235 e. The Morgan fingerprint density at radius 2 is 1.80 bits per heavy atom. The average Bonchev–Trinajstić information content (AvgIpc) is 3.10. The molecule has 1 fully saturated rings. The molecule has 140 valence electrons. The zero-order chi connectivity index (χ0) is 18.3. The number of benzene rings is 1. The zero-order valence-electron chi connectivity index (χ0n) is 14.7. The van der Waals surface area contributed by atoms with Gasteiger partial charge in [-0.15, -0.1) is 0 Å². The highest BCUT2D eigenvalue weighted by Crippen LogP contribution is 2.25. The van der Waals surface area contributed by atoms with Crippen LogP contribution in [0.2, 0.25) is 0 Å². The molecule has 1 aliphatic carbocycles. The molecule has 8 heteroatoms. The molecule has 1 aliphatic rings. The second-order valence-electron chi connectivity index (χ2n) is 6.12. The minimum Gasteiger partial charge on any atom is -0.497 e. The summed E-state index contributed by atoms with van der Waals surface area (Å²) in [7, 11) is -1.80. The van der Waals surface area contributed by atoms with Crippen LogP contribution in [-0.4, -0.2) is 57.7 Å². The van der Waals surface area contributed by atoms with E-state index in [9.17, 15) is 13.2 Å². The molecular formula is C17H26N2O5S. The van der Waals surface area contributed by atoms with E-state index in [1.54, 1.807) is 31.4 Å². The third-order valence-electron chi connectivity index (χ3n) is 4.21. The number of amides is 1.